The number of amides is 1. The molecular weight excluding hydrogens is 314 g/mol. The van der Waals surface area contributed by atoms with Crippen LogP contribution in [0, 0.1) is 0 Å². The van der Waals surface area contributed by atoms with Gasteiger partial charge in [0, 0.05) is 12.2 Å². The van der Waals surface area contributed by atoms with Crippen LogP contribution in [0.1, 0.15) is 37.8 Å². The predicted octanol–water partition coefficient (Wildman–Crippen LogP) is 4.79. The highest BCUT2D eigenvalue weighted by atomic mass is 16.5. The van der Waals surface area contributed by atoms with Gasteiger partial charge in [-0.2, -0.15) is 0 Å². The molecule has 0 unspecified atom stereocenters. The number of ether oxygens (including phenoxy) is 1. The molecule has 1 amide bonds. The van der Waals surface area contributed by atoms with Gasteiger partial charge in [0.2, 0.25) is 0 Å². The Labute approximate surface area is 149 Å². The van der Waals surface area contributed by atoms with Crippen molar-refractivity contribution in [1.29, 1.82) is 0 Å². The van der Waals surface area contributed by atoms with Gasteiger partial charge in [-0.15, -0.1) is 0 Å². The Kier molecular flexibility index (Phi) is 7.14. The number of nitrogens with two attached hydrogens (primary N) is 1. The minimum atomic E-state index is -0.497. The SMILES string of the molecule is CCCCc1ccc(NCc2ccc(NC(=O)OCC)c(N)c2)cc1. The van der Waals surface area contributed by atoms with Crippen molar-refractivity contribution in [2.45, 2.75) is 39.7 Å². The van der Waals surface area contributed by atoms with Crippen molar-refractivity contribution >= 4 is 23.2 Å². The Morgan fingerprint density at radius 3 is 2.44 bits per heavy atom. The third kappa shape index (κ3) is 6.03. The summed E-state index contributed by atoms with van der Waals surface area (Å²) in [6.45, 7) is 4.95. The highest BCUT2D eigenvalue weighted by molar-refractivity contribution is 5.89. The summed E-state index contributed by atoms with van der Waals surface area (Å²) in [5, 5.41) is 6.01. The van der Waals surface area contributed by atoms with Crippen LogP contribution in [-0.2, 0) is 17.7 Å². The lowest BCUT2D eigenvalue weighted by atomic mass is 10.1. The summed E-state index contributed by atoms with van der Waals surface area (Å²) < 4.78 is 4.85. The Morgan fingerprint density at radius 1 is 1.08 bits per heavy atom. The first-order valence-corrected chi connectivity index (χ1v) is 8.77. The average Bonchev–Trinajstić information content (AvgIpc) is 2.61. The number of hydrogen-bond acceptors (Lipinski definition) is 4. The van der Waals surface area contributed by atoms with E-state index < -0.39 is 6.09 Å². The summed E-state index contributed by atoms with van der Waals surface area (Å²) in [6, 6.07) is 14.1. The van der Waals surface area contributed by atoms with Crippen LogP contribution in [0.4, 0.5) is 21.9 Å². The van der Waals surface area contributed by atoms with Crippen LogP contribution < -0.4 is 16.4 Å². The van der Waals surface area contributed by atoms with Crippen LogP contribution in [0.3, 0.4) is 0 Å². The Hall–Kier alpha value is -2.69. The zero-order valence-electron chi connectivity index (χ0n) is 15.0. The lowest BCUT2D eigenvalue weighted by Crippen LogP contribution is -2.14. The molecule has 0 aromatic heterocycles. The minimum absolute atomic E-state index is 0.324. The third-order valence-corrected chi connectivity index (χ3v) is 3.90. The van der Waals surface area contributed by atoms with Crippen LogP contribution in [0.15, 0.2) is 42.5 Å². The maximum Gasteiger partial charge on any atom is 0.411 e. The fourth-order valence-electron chi connectivity index (χ4n) is 2.49. The monoisotopic (exact) mass is 341 g/mol. The van der Waals surface area contributed by atoms with Crippen molar-refractivity contribution in [3.05, 3.63) is 53.6 Å². The normalized spacial score (nSPS) is 10.3. The molecule has 2 aromatic rings. The molecule has 134 valence electrons. The first-order chi connectivity index (χ1) is 12.1. The standard InChI is InChI=1S/C20H27N3O2/c1-3-5-6-15-7-10-17(11-8-15)22-14-16-9-12-19(18(21)13-16)23-20(24)25-4-2/h7-13,22H,3-6,14,21H2,1-2H3,(H,23,24). The van der Waals surface area contributed by atoms with Gasteiger partial charge in [-0.3, -0.25) is 5.32 Å². The molecule has 0 aliphatic heterocycles. The molecule has 4 N–H and O–H groups in total. The van der Waals surface area contributed by atoms with Crippen LogP contribution in [0.5, 0.6) is 0 Å². The first kappa shape index (κ1) is 18.6. The van der Waals surface area contributed by atoms with Crippen LogP contribution in [0.2, 0.25) is 0 Å². The quantitative estimate of drug-likeness (QED) is 0.603. The maximum atomic E-state index is 11.5. The molecule has 0 radical (unpaired) electrons. The summed E-state index contributed by atoms with van der Waals surface area (Å²) in [7, 11) is 0. The van der Waals surface area contributed by atoms with Crippen molar-refractivity contribution in [1.82, 2.24) is 0 Å². The number of rotatable bonds is 8. The van der Waals surface area contributed by atoms with Crippen molar-refractivity contribution in [2.24, 2.45) is 0 Å². The zero-order valence-corrected chi connectivity index (χ0v) is 15.0. The molecule has 0 spiro atoms. The summed E-state index contributed by atoms with van der Waals surface area (Å²) >= 11 is 0. The molecule has 0 atom stereocenters. The first-order valence-electron chi connectivity index (χ1n) is 8.77. The Bertz CT molecular complexity index is 684. The molecule has 5 heteroatoms. The van der Waals surface area contributed by atoms with Gasteiger partial charge in [0.25, 0.3) is 0 Å². The Morgan fingerprint density at radius 2 is 1.80 bits per heavy atom. The molecule has 5 nitrogen and oxygen atoms in total. The maximum absolute atomic E-state index is 11.5. The van der Waals surface area contributed by atoms with Crippen LogP contribution >= 0.6 is 0 Å². The van der Waals surface area contributed by atoms with E-state index >= 15 is 0 Å². The second-order valence-corrected chi connectivity index (χ2v) is 5.92. The van der Waals surface area contributed by atoms with Gasteiger partial charge in [-0.25, -0.2) is 4.79 Å². The summed E-state index contributed by atoms with van der Waals surface area (Å²) in [5.74, 6) is 0. The van der Waals surface area contributed by atoms with Crippen molar-refractivity contribution < 1.29 is 9.53 Å². The number of nitrogens with one attached hydrogen (secondary N) is 2. The van der Waals surface area contributed by atoms with E-state index in [1.165, 1.54) is 18.4 Å². The number of hydrogen-bond donors (Lipinski definition) is 3. The smallest absolute Gasteiger partial charge is 0.411 e. The number of anilines is 3. The fourth-order valence-corrected chi connectivity index (χ4v) is 2.49. The number of nitrogen functional groups attached to an aromatic ring is 1. The van der Waals surface area contributed by atoms with Gasteiger partial charge >= 0.3 is 6.09 Å². The molecule has 2 rings (SSSR count). The summed E-state index contributed by atoms with van der Waals surface area (Å²) in [6.07, 6.45) is 3.06. The highest BCUT2D eigenvalue weighted by Crippen LogP contribution is 2.21. The van der Waals surface area contributed by atoms with Gasteiger partial charge in [-0.05, 0) is 55.2 Å². The third-order valence-electron chi connectivity index (χ3n) is 3.90. The van der Waals surface area contributed by atoms with E-state index in [0.29, 0.717) is 24.5 Å². The topological polar surface area (TPSA) is 76.4 Å². The second-order valence-electron chi connectivity index (χ2n) is 5.92. The van der Waals surface area contributed by atoms with E-state index in [2.05, 4.69) is 41.8 Å². The number of unbranched alkanes of at least 4 members (excludes halogenated alkanes) is 1. The molecular formula is C20H27N3O2. The van der Waals surface area contributed by atoms with Crippen molar-refractivity contribution in [3.63, 3.8) is 0 Å². The average molecular weight is 341 g/mol. The largest absolute Gasteiger partial charge is 0.450 e. The van der Waals surface area contributed by atoms with E-state index in [4.69, 9.17) is 10.5 Å². The molecule has 0 heterocycles. The lowest BCUT2D eigenvalue weighted by Gasteiger charge is -2.11. The lowest BCUT2D eigenvalue weighted by molar-refractivity contribution is 0.168. The molecule has 0 saturated heterocycles. The van der Waals surface area contributed by atoms with E-state index in [1.807, 2.05) is 12.1 Å². The molecule has 0 fully saturated rings. The van der Waals surface area contributed by atoms with E-state index in [1.54, 1.807) is 13.0 Å². The number of aryl methyl sites for hydroxylation is 1. The van der Waals surface area contributed by atoms with E-state index in [0.717, 1.165) is 17.7 Å². The Balaban J connectivity index is 1.90. The minimum Gasteiger partial charge on any atom is -0.450 e. The molecule has 25 heavy (non-hydrogen) atoms. The molecule has 0 saturated carbocycles. The van der Waals surface area contributed by atoms with Gasteiger partial charge in [0.15, 0.2) is 0 Å². The number of carbonyl (C=O) groups is 1. The number of benzene rings is 2. The van der Waals surface area contributed by atoms with Crippen molar-refractivity contribution in [2.75, 3.05) is 23.0 Å². The van der Waals surface area contributed by atoms with E-state index in [9.17, 15) is 4.79 Å². The van der Waals surface area contributed by atoms with Crippen molar-refractivity contribution in [3.8, 4) is 0 Å². The predicted molar refractivity (Wildman–Crippen MR) is 104 cm³/mol. The molecule has 0 aliphatic rings. The second kappa shape index (κ2) is 9.57. The van der Waals surface area contributed by atoms with Gasteiger partial charge in [0.1, 0.15) is 0 Å². The zero-order chi connectivity index (χ0) is 18.1. The van der Waals surface area contributed by atoms with Gasteiger partial charge < -0.3 is 15.8 Å². The summed E-state index contributed by atoms with van der Waals surface area (Å²) in [5.41, 5.74) is 10.6. The fraction of sp³-hybridized carbons (Fsp3) is 0.350. The molecule has 0 bridgehead atoms. The van der Waals surface area contributed by atoms with Crippen LogP contribution in [-0.4, -0.2) is 12.7 Å². The number of carbonyl (C=O) groups excluding carboxylic acids is 1. The summed E-state index contributed by atoms with van der Waals surface area (Å²) in [4.78, 5) is 11.5. The highest BCUT2D eigenvalue weighted by Gasteiger charge is 2.06. The molecule has 2 aromatic carbocycles. The van der Waals surface area contributed by atoms with Gasteiger partial charge in [-0.1, -0.05) is 31.5 Å². The molecule has 0 aliphatic carbocycles. The van der Waals surface area contributed by atoms with Crippen LogP contribution in [0.25, 0.3) is 0 Å². The van der Waals surface area contributed by atoms with E-state index in [-0.39, 0.29) is 0 Å². The van der Waals surface area contributed by atoms with Gasteiger partial charge in [0.05, 0.1) is 18.0 Å².